The Bertz CT molecular complexity index is 161. The van der Waals surface area contributed by atoms with E-state index in [4.69, 9.17) is 0 Å². The molecule has 1 aliphatic rings. The van der Waals surface area contributed by atoms with E-state index in [2.05, 4.69) is 50.0 Å². The lowest BCUT2D eigenvalue weighted by molar-refractivity contribution is 0.152. The molecular formula is C9H18N2. The van der Waals surface area contributed by atoms with E-state index in [-0.39, 0.29) is 0 Å². The molecule has 0 aromatic carbocycles. The van der Waals surface area contributed by atoms with Gasteiger partial charge in [-0.25, -0.2) is 0 Å². The second-order valence-electron chi connectivity index (χ2n) is 3.83. The van der Waals surface area contributed by atoms with Crippen molar-refractivity contribution in [1.82, 2.24) is 9.80 Å². The summed E-state index contributed by atoms with van der Waals surface area (Å²) >= 11 is 0. The molecule has 0 atom stereocenters. The van der Waals surface area contributed by atoms with E-state index < -0.39 is 0 Å². The Morgan fingerprint density at radius 2 is 2.00 bits per heavy atom. The van der Waals surface area contributed by atoms with Crippen molar-refractivity contribution in [2.75, 3.05) is 13.7 Å². The Hall–Kier alpha value is -0.660. The van der Waals surface area contributed by atoms with Crippen LogP contribution in [0.1, 0.15) is 27.2 Å². The quantitative estimate of drug-likeness (QED) is 0.599. The zero-order chi connectivity index (χ0) is 8.48. The fraction of sp³-hybridized carbons (Fsp3) is 0.778. The molecule has 0 spiro atoms. The first kappa shape index (κ1) is 8.44. The van der Waals surface area contributed by atoms with Crippen molar-refractivity contribution < 1.29 is 0 Å². The highest BCUT2D eigenvalue weighted by Crippen LogP contribution is 2.21. The molecule has 64 valence electrons. The summed E-state index contributed by atoms with van der Waals surface area (Å²) in [6, 6.07) is 0. The molecule has 0 bridgehead atoms. The van der Waals surface area contributed by atoms with Crippen LogP contribution < -0.4 is 0 Å². The molecule has 0 fully saturated rings. The topological polar surface area (TPSA) is 6.48 Å². The van der Waals surface area contributed by atoms with Gasteiger partial charge in [-0.1, -0.05) is 6.92 Å². The molecule has 11 heavy (non-hydrogen) atoms. The summed E-state index contributed by atoms with van der Waals surface area (Å²) in [6.07, 6.45) is 5.48. The Balaban J connectivity index is 2.57. The summed E-state index contributed by atoms with van der Waals surface area (Å²) in [5.74, 6) is 0. The molecule has 0 radical (unpaired) electrons. The summed E-state index contributed by atoms with van der Waals surface area (Å²) in [4.78, 5) is 4.56. The molecule has 0 saturated heterocycles. The summed E-state index contributed by atoms with van der Waals surface area (Å²) in [5.41, 5.74) is 0.307. The average molecular weight is 154 g/mol. The van der Waals surface area contributed by atoms with E-state index >= 15 is 0 Å². The van der Waals surface area contributed by atoms with Gasteiger partial charge in [0, 0.05) is 25.0 Å². The van der Waals surface area contributed by atoms with Gasteiger partial charge >= 0.3 is 0 Å². The molecular weight excluding hydrogens is 136 g/mol. The first-order valence-electron chi connectivity index (χ1n) is 4.21. The first-order valence-corrected chi connectivity index (χ1v) is 4.21. The lowest BCUT2D eigenvalue weighted by Gasteiger charge is -2.35. The van der Waals surface area contributed by atoms with Gasteiger partial charge < -0.3 is 9.80 Å². The van der Waals surface area contributed by atoms with Crippen molar-refractivity contribution in [3.8, 4) is 0 Å². The van der Waals surface area contributed by atoms with Crippen LogP contribution in [0.4, 0.5) is 0 Å². The second-order valence-corrected chi connectivity index (χ2v) is 3.83. The van der Waals surface area contributed by atoms with Crippen molar-refractivity contribution in [3.63, 3.8) is 0 Å². The Morgan fingerprint density at radius 1 is 1.36 bits per heavy atom. The van der Waals surface area contributed by atoms with Gasteiger partial charge in [-0.05, 0) is 20.3 Å². The van der Waals surface area contributed by atoms with Gasteiger partial charge in [0.1, 0.15) is 0 Å². The number of hydrogen-bond acceptors (Lipinski definition) is 2. The van der Waals surface area contributed by atoms with Crippen LogP contribution in [-0.4, -0.2) is 29.1 Å². The smallest absolute Gasteiger partial charge is 0.0895 e. The lowest BCUT2D eigenvalue weighted by atomic mass is 10.0. The normalized spacial score (nSPS) is 18.2. The van der Waals surface area contributed by atoms with Crippen molar-refractivity contribution in [1.29, 1.82) is 0 Å². The highest BCUT2D eigenvalue weighted by molar-refractivity contribution is 4.96. The highest BCUT2D eigenvalue weighted by Gasteiger charge is 2.24. The molecule has 0 saturated carbocycles. The van der Waals surface area contributed by atoms with Crippen LogP contribution in [0.3, 0.4) is 0 Å². The Morgan fingerprint density at radius 3 is 2.36 bits per heavy atom. The van der Waals surface area contributed by atoms with Crippen LogP contribution in [0.5, 0.6) is 0 Å². The van der Waals surface area contributed by atoms with Crippen LogP contribution in [-0.2, 0) is 0 Å². The Kier molecular flexibility index (Phi) is 2.12. The average Bonchev–Trinajstić information content (AvgIpc) is 2.36. The zero-order valence-electron chi connectivity index (χ0n) is 7.96. The largest absolute Gasteiger partial charge is 0.362 e. The fourth-order valence-electron chi connectivity index (χ4n) is 1.13. The monoisotopic (exact) mass is 154 g/mol. The van der Waals surface area contributed by atoms with Gasteiger partial charge in [0.2, 0.25) is 0 Å². The van der Waals surface area contributed by atoms with E-state index in [1.165, 1.54) is 6.42 Å². The fourth-order valence-corrected chi connectivity index (χ4v) is 1.13. The standard InChI is InChI=1S/C9H18N2/c1-5-9(2,3)11-7-6-10(4)8-11/h6-7H,5,8H2,1-4H3. The maximum Gasteiger partial charge on any atom is 0.0895 e. The molecule has 0 amide bonds. The molecule has 0 N–H and O–H groups in total. The maximum absolute atomic E-state index is 2.37. The van der Waals surface area contributed by atoms with Crippen molar-refractivity contribution in [2.45, 2.75) is 32.7 Å². The van der Waals surface area contributed by atoms with Crippen LogP contribution in [0.15, 0.2) is 12.4 Å². The van der Waals surface area contributed by atoms with Gasteiger partial charge in [-0.15, -0.1) is 0 Å². The van der Waals surface area contributed by atoms with Crippen molar-refractivity contribution in [3.05, 3.63) is 12.4 Å². The molecule has 2 nitrogen and oxygen atoms in total. The second kappa shape index (κ2) is 2.76. The van der Waals surface area contributed by atoms with Crippen LogP contribution in [0, 0.1) is 0 Å². The summed E-state index contributed by atoms with van der Waals surface area (Å²) in [5, 5.41) is 0. The minimum Gasteiger partial charge on any atom is -0.362 e. The van der Waals surface area contributed by atoms with E-state index in [1.54, 1.807) is 0 Å². The first-order chi connectivity index (χ1) is 5.06. The highest BCUT2D eigenvalue weighted by atomic mass is 15.4. The number of nitrogens with zero attached hydrogens (tertiary/aromatic N) is 2. The molecule has 0 unspecified atom stereocenters. The molecule has 0 aliphatic carbocycles. The third kappa shape index (κ3) is 1.67. The van der Waals surface area contributed by atoms with E-state index in [9.17, 15) is 0 Å². The van der Waals surface area contributed by atoms with Crippen LogP contribution >= 0.6 is 0 Å². The Labute approximate surface area is 69.5 Å². The van der Waals surface area contributed by atoms with Gasteiger partial charge in [-0.2, -0.15) is 0 Å². The molecule has 1 aliphatic heterocycles. The molecule has 2 heteroatoms. The molecule has 1 heterocycles. The lowest BCUT2D eigenvalue weighted by Crippen LogP contribution is -2.40. The van der Waals surface area contributed by atoms with E-state index in [1.807, 2.05) is 0 Å². The molecule has 0 aromatic heterocycles. The third-order valence-corrected chi connectivity index (χ3v) is 2.52. The number of hydrogen-bond donors (Lipinski definition) is 0. The predicted molar refractivity (Wildman–Crippen MR) is 48.0 cm³/mol. The number of rotatable bonds is 2. The summed E-state index contributed by atoms with van der Waals surface area (Å²) in [7, 11) is 2.10. The van der Waals surface area contributed by atoms with Crippen LogP contribution in [0.2, 0.25) is 0 Å². The minimum absolute atomic E-state index is 0.307. The molecule has 0 aromatic rings. The predicted octanol–water partition coefficient (Wildman–Crippen LogP) is 1.85. The van der Waals surface area contributed by atoms with Crippen molar-refractivity contribution in [2.24, 2.45) is 0 Å². The van der Waals surface area contributed by atoms with E-state index in [0.717, 1.165) is 6.67 Å². The van der Waals surface area contributed by atoms with E-state index in [0.29, 0.717) is 5.54 Å². The SMILES string of the molecule is CCC(C)(C)N1C=CN(C)C1. The van der Waals surface area contributed by atoms with Gasteiger partial charge in [-0.3, -0.25) is 0 Å². The minimum atomic E-state index is 0.307. The third-order valence-electron chi connectivity index (χ3n) is 2.52. The molecule has 1 rings (SSSR count). The van der Waals surface area contributed by atoms with Gasteiger partial charge in [0.15, 0.2) is 0 Å². The van der Waals surface area contributed by atoms with Crippen LogP contribution in [0.25, 0.3) is 0 Å². The van der Waals surface area contributed by atoms with Gasteiger partial charge in [0.05, 0.1) is 6.67 Å². The maximum atomic E-state index is 2.37. The van der Waals surface area contributed by atoms with Gasteiger partial charge in [0.25, 0.3) is 0 Å². The summed E-state index contributed by atoms with van der Waals surface area (Å²) < 4.78 is 0. The zero-order valence-corrected chi connectivity index (χ0v) is 7.96. The van der Waals surface area contributed by atoms with Crippen molar-refractivity contribution >= 4 is 0 Å². The summed E-state index contributed by atoms with van der Waals surface area (Å²) in [6.45, 7) is 7.81.